The lowest BCUT2D eigenvalue weighted by molar-refractivity contribution is -0.138. The monoisotopic (exact) mass is 288 g/mol. The van der Waals surface area contributed by atoms with Gasteiger partial charge < -0.3 is 16.2 Å². The second-order valence-corrected chi connectivity index (χ2v) is 5.31. The second kappa shape index (κ2) is 5.67. The largest absolute Gasteiger partial charge is 0.481 e. The fraction of sp³-hybridized carbons (Fsp3) is 0.200. The first kappa shape index (κ1) is 14.9. The fourth-order valence-corrected chi connectivity index (χ4v) is 1.96. The van der Waals surface area contributed by atoms with Gasteiger partial charge in [-0.1, -0.05) is 0 Å². The average Bonchev–Trinajstić information content (AvgIpc) is 2.27. The molecule has 8 nitrogen and oxygen atoms in total. The molecule has 0 radical (unpaired) electrons. The van der Waals surface area contributed by atoms with Crippen molar-refractivity contribution < 1.29 is 27.7 Å². The van der Waals surface area contributed by atoms with Crippen molar-refractivity contribution in [2.45, 2.75) is 11.7 Å². The number of aliphatic carboxylic acids is 1. The van der Waals surface area contributed by atoms with Gasteiger partial charge in [-0.3, -0.25) is 14.1 Å². The number of carboxylic acid groups (broad SMARTS) is 1. The molecule has 0 fully saturated rings. The Morgan fingerprint density at radius 2 is 1.79 bits per heavy atom. The van der Waals surface area contributed by atoms with Gasteiger partial charge in [-0.05, 0) is 24.3 Å². The van der Waals surface area contributed by atoms with E-state index in [-0.39, 0.29) is 5.69 Å². The lowest BCUT2D eigenvalue weighted by Gasteiger charge is -2.12. The maximum Gasteiger partial charge on any atom is 0.305 e. The second-order valence-electron chi connectivity index (χ2n) is 3.71. The molecule has 1 aromatic rings. The third kappa shape index (κ3) is 4.56. The number of carboxylic acids is 1. The van der Waals surface area contributed by atoms with Crippen LogP contribution in [0.1, 0.15) is 6.42 Å². The molecule has 0 saturated carbocycles. The third-order valence-corrected chi connectivity index (χ3v) is 3.29. The van der Waals surface area contributed by atoms with E-state index in [1.807, 2.05) is 0 Å². The minimum atomic E-state index is -4.81. The van der Waals surface area contributed by atoms with Crippen LogP contribution in [-0.2, 0) is 19.7 Å². The molecule has 0 aliphatic carbocycles. The van der Waals surface area contributed by atoms with Crippen LogP contribution in [0.5, 0.6) is 0 Å². The van der Waals surface area contributed by atoms with Crippen molar-refractivity contribution in [3.05, 3.63) is 24.3 Å². The van der Waals surface area contributed by atoms with Gasteiger partial charge in [-0.15, -0.1) is 0 Å². The van der Waals surface area contributed by atoms with Gasteiger partial charge in [0.1, 0.15) is 0 Å². The number of amides is 1. The molecule has 0 bridgehead atoms. The van der Waals surface area contributed by atoms with E-state index in [0.717, 1.165) is 0 Å². The van der Waals surface area contributed by atoms with Gasteiger partial charge in [-0.2, -0.15) is 8.42 Å². The van der Waals surface area contributed by atoms with Gasteiger partial charge in [0.2, 0.25) is 5.91 Å². The number of benzene rings is 1. The summed E-state index contributed by atoms with van der Waals surface area (Å²) in [4.78, 5) is 22.1. The van der Waals surface area contributed by atoms with E-state index in [1.165, 1.54) is 24.3 Å². The molecule has 5 N–H and O–H groups in total. The van der Waals surface area contributed by atoms with E-state index in [4.69, 9.17) is 15.4 Å². The van der Waals surface area contributed by atoms with Crippen molar-refractivity contribution in [3.63, 3.8) is 0 Å². The van der Waals surface area contributed by atoms with Crippen molar-refractivity contribution in [1.29, 1.82) is 0 Å². The summed E-state index contributed by atoms with van der Waals surface area (Å²) >= 11 is 0. The first-order valence-corrected chi connectivity index (χ1v) is 6.55. The summed E-state index contributed by atoms with van der Waals surface area (Å²) in [7, 11) is -4.81. The van der Waals surface area contributed by atoms with E-state index >= 15 is 0 Å². The lowest BCUT2D eigenvalue weighted by atomic mass is 10.2. The molecular formula is C10H12N2O6S. The van der Waals surface area contributed by atoms with Crippen LogP contribution in [-0.4, -0.2) is 35.2 Å². The molecule has 0 spiro atoms. The molecule has 1 atom stereocenters. The fourth-order valence-electron chi connectivity index (χ4n) is 1.28. The number of carbonyl (C=O) groups excluding carboxylic acids is 1. The van der Waals surface area contributed by atoms with Gasteiger partial charge in [-0.25, -0.2) is 0 Å². The number of carbonyl (C=O) groups is 2. The molecule has 0 aliphatic heterocycles. The Bertz CT molecular complexity index is 581. The van der Waals surface area contributed by atoms with Gasteiger partial charge in [0, 0.05) is 11.4 Å². The lowest BCUT2D eigenvalue weighted by Crippen LogP contribution is -2.36. The Balaban J connectivity index is 2.89. The highest BCUT2D eigenvalue weighted by Gasteiger charge is 2.33. The Labute approximate surface area is 109 Å². The Morgan fingerprint density at radius 3 is 2.21 bits per heavy atom. The van der Waals surface area contributed by atoms with E-state index in [2.05, 4.69) is 5.32 Å². The molecule has 1 rings (SSSR count). The van der Waals surface area contributed by atoms with E-state index < -0.39 is 33.7 Å². The highest BCUT2D eigenvalue weighted by atomic mass is 32.2. The molecule has 9 heteroatoms. The molecule has 0 aromatic heterocycles. The van der Waals surface area contributed by atoms with Crippen LogP contribution in [0, 0.1) is 0 Å². The molecular weight excluding hydrogens is 276 g/mol. The van der Waals surface area contributed by atoms with Crippen LogP contribution in [0.3, 0.4) is 0 Å². The zero-order valence-corrected chi connectivity index (χ0v) is 10.4. The Kier molecular flexibility index (Phi) is 4.46. The van der Waals surface area contributed by atoms with Crippen LogP contribution in [0.15, 0.2) is 24.3 Å². The first-order chi connectivity index (χ1) is 8.70. The van der Waals surface area contributed by atoms with Gasteiger partial charge >= 0.3 is 5.97 Å². The Morgan fingerprint density at radius 1 is 1.26 bits per heavy atom. The summed E-state index contributed by atoms with van der Waals surface area (Å²) in [5.41, 5.74) is 6.10. The molecule has 1 aromatic carbocycles. The van der Waals surface area contributed by atoms with E-state index in [9.17, 15) is 18.0 Å². The number of nitrogens with two attached hydrogens (primary N) is 1. The van der Waals surface area contributed by atoms with Crippen LogP contribution in [0.2, 0.25) is 0 Å². The molecule has 0 aliphatic rings. The predicted molar refractivity (Wildman–Crippen MR) is 67.1 cm³/mol. The zero-order valence-electron chi connectivity index (χ0n) is 9.61. The van der Waals surface area contributed by atoms with E-state index in [1.54, 1.807) is 0 Å². The van der Waals surface area contributed by atoms with Crippen molar-refractivity contribution in [2.24, 2.45) is 0 Å². The predicted octanol–water partition coefficient (Wildman–Crippen LogP) is -0.0616. The molecule has 0 heterocycles. The SMILES string of the molecule is Nc1ccc(NC(=O)C(CC(=O)O)S(=O)(=O)O)cc1. The zero-order chi connectivity index (χ0) is 14.6. The van der Waals surface area contributed by atoms with E-state index in [0.29, 0.717) is 5.69 Å². The van der Waals surface area contributed by atoms with Gasteiger partial charge in [0.25, 0.3) is 10.1 Å². The maximum atomic E-state index is 11.6. The minimum absolute atomic E-state index is 0.234. The number of anilines is 2. The summed E-state index contributed by atoms with van der Waals surface area (Å²) in [6.45, 7) is 0. The van der Waals surface area contributed by atoms with Crippen molar-refractivity contribution >= 4 is 33.4 Å². The van der Waals surface area contributed by atoms with Gasteiger partial charge in [0.15, 0.2) is 5.25 Å². The van der Waals surface area contributed by atoms with Crippen molar-refractivity contribution in [3.8, 4) is 0 Å². The number of hydrogen-bond acceptors (Lipinski definition) is 5. The molecule has 1 unspecified atom stereocenters. The topological polar surface area (TPSA) is 147 Å². The van der Waals surface area contributed by atoms with Crippen LogP contribution in [0.25, 0.3) is 0 Å². The smallest absolute Gasteiger partial charge is 0.305 e. The number of nitrogens with one attached hydrogen (secondary N) is 1. The normalized spacial score (nSPS) is 12.7. The summed E-state index contributed by atoms with van der Waals surface area (Å²) in [5, 5.41) is 8.64. The summed E-state index contributed by atoms with van der Waals surface area (Å²) in [6.07, 6.45) is -1.03. The standard InChI is InChI=1S/C10H12N2O6S/c11-6-1-3-7(4-2-6)12-10(15)8(5-9(13)14)19(16,17)18/h1-4,8H,5,11H2,(H,12,15)(H,13,14)(H,16,17,18). The Hall–Kier alpha value is -2.13. The number of hydrogen-bond donors (Lipinski definition) is 4. The summed E-state index contributed by atoms with van der Waals surface area (Å²) in [6, 6.07) is 5.76. The molecule has 0 saturated heterocycles. The highest BCUT2D eigenvalue weighted by molar-refractivity contribution is 7.87. The average molecular weight is 288 g/mol. The molecule has 1 amide bonds. The van der Waals surface area contributed by atoms with Crippen molar-refractivity contribution in [2.75, 3.05) is 11.1 Å². The van der Waals surface area contributed by atoms with Crippen molar-refractivity contribution in [1.82, 2.24) is 0 Å². The van der Waals surface area contributed by atoms with Crippen LogP contribution >= 0.6 is 0 Å². The highest BCUT2D eigenvalue weighted by Crippen LogP contribution is 2.13. The first-order valence-electron chi connectivity index (χ1n) is 5.04. The van der Waals surface area contributed by atoms with Crippen LogP contribution < -0.4 is 11.1 Å². The molecule has 104 valence electrons. The number of nitrogen functional groups attached to an aromatic ring is 1. The minimum Gasteiger partial charge on any atom is -0.481 e. The van der Waals surface area contributed by atoms with Gasteiger partial charge in [0.05, 0.1) is 6.42 Å². The third-order valence-electron chi connectivity index (χ3n) is 2.19. The maximum absolute atomic E-state index is 11.6. The number of rotatable bonds is 5. The summed E-state index contributed by atoms with van der Waals surface area (Å²) in [5.74, 6) is -2.65. The quantitative estimate of drug-likeness (QED) is 0.438. The van der Waals surface area contributed by atoms with Crippen LogP contribution in [0.4, 0.5) is 11.4 Å². The summed E-state index contributed by atoms with van der Waals surface area (Å²) < 4.78 is 30.8. The molecule has 19 heavy (non-hydrogen) atoms.